The minimum absolute atomic E-state index is 0.0645. The molecule has 1 aliphatic carbocycles. The molecule has 1 aromatic heterocycles. The van der Waals surface area contributed by atoms with Crippen LogP contribution in [0.3, 0.4) is 0 Å². The van der Waals surface area contributed by atoms with E-state index in [-0.39, 0.29) is 11.4 Å². The minimum Gasteiger partial charge on any atom is -0.379 e. The van der Waals surface area contributed by atoms with Gasteiger partial charge in [0.25, 0.3) is 5.91 Å². The van der Waals surface area contributed by atoms with Gasteiger partial charge in [-0.05, 0) is 52.2 Å². The van der Waals surface area contributed by atoms with Crippen LogP contribution in [0.4, 0.5) is 0 Å². The van der Waals surface area contributed by atoms with Crippen LogP contribution < -0.4 is 5.32 Å². The number of nitrogens with one attached hydrogen (secondary N) is 1. The first-order chi connectivity index (χ1) is 13.5. The summed E-state index contributed by atoms with van der Waals surface area (Å²) >= 11 is 0. The van der Waals surface area contributed by atoms with E-state index in [2.05, 4.69) is 55.3 Å². The topological polar surface area (TPSA) is 59.4 Å². The Balaban J connectivity index is 1.52. The van der Waals surface area contributed by atoms with Gasteiger partial charge in [0.05, 0.1) is 18.9 Å². The van der Waals surface area contributed by atoms with Crippen LogP contribution in [0.1, 0.15) is 47.6 Å². The van der Waals surface area contributed by atoms with Crippen molar-refractivity contribution in [3.8, 4) is 5.69 Å². The number of carbonyl (C=O) groups is 1. The van der Waals surface area contributed by atoms with E-state index in [1.165, 1.54) is 11.3 Å². The molecule has 0 unspecified atom stereocenters. The van der Waals surface area contributed by atoms with Crippen molar-refractivity contribution in [2.75, 3.05) is 32.8 Å². The lowest BCUT2D eigenvalue weighted by Crippen LogP contribution is -2.55. The van der Waals surface area contributed by atoms with E-state index in [0.29, 0.717) is 12.2 Å². The average Bonchev–Trinajstić information content (AvgIpc) is 3.30. The second-order valence-corrected chi connectivity index (χ2v) is 8.47. The number of carbonyl (C=O) groups excluding carboxylic acids is 1. The predicted molar refractivity (Wildman–Crippen MR) is 109 cm³/mol. The van der Waals surface area contributed by atoms with Gasteiger partial charge in [0.15, 0.2) is 5.69 Å². The van der Waals surface area contributed by atoms with Crippen LogP contribution in [-0.4, -0.2) is 59.0 Å². The highest BCUT2D eigenvalue weighted by molar-refractivity contribution is 5.94. The summed E-state index contributed by atoms with van der Waals surface area (Å²) in [4.78, 5) is 15.4. The summed E-state index contributed by atoms with van der Waals surface area (Å²) in [6, 6.07) is 8.32. The van der Waals surface area contributed by atoms with Crippen LogP contribution in [0.25, 0.3) is 5.69 Å². The fourth-order valence-electron chi connectivity index (χ4n) is 4.18. The molecule has 2 heterocycles. The summed E-state index contributed by atoms with van der Waals surface area (Å²) < 4.78 is 7.41. The first-order valence-corrected chi connectivity index (χ1v) is 10.2. The lowest BCUT2D eigenvalue weighted by Gasteiger charge is -2.40. The number of aryl methyl sites for hydroxylation is 1. The van der Waals surface area contributed by atoms with E-state index in [1.807, 2.05) is 4.68 Å². The third kappa shape index (κ3) is 3.71. The number of nitrogens with zero attached hydrogens (tertiary/aromatic N) is 3. The Labute approximate surface area is 166 Å². The Morgan fingerprint density at radius 1 is 1.18 bits per heavy atom. The molecule has 1 amide bonds. The SMILES string of the molecule is Cc1ccc(-n2nc(C(=O)NCC(C)(C)N3CCOCC3)c3c2CCC3)cc1. The van der Waals surface area contributed by atoms with Gasteiger partial charge in [-0.2, -0.15) is 5.10 Å². The van der Waals surface area contributed by atoms with Gasteiger partial charge in [-0.25, -0.2) is 4.68 Å². The number of benzene rings is 1. The molecule has 1 N–H and O–H groups in total. The second kappa shape index (κ2) is 7.68. The molecule has 1 aromatic carbocycles. The number of aromatic nitrogens is 2. The van der Waals surface area contributed by atoms with Crippen LogP contribution in [0.15, 0.2) is 24.3 Å². The Kier molecular flexibility index (Phi) is 5.25. The van der Waals surface area contributed by atoms with E-state index in [0.717, 1.165) is 56.8 Å². The van der Waals surface area contributed by atoms with Gasteiger partial charge in [0.2, 0.25) is 0 Å². The average molecular weight is 383 g/mol. The van der Waals surface area contributed by atoms with Crippen molar-refractivity contribution < 1.29 is 9.53 Å². The first-order valence-electron chi connectivity index (χ1n) is 10.2. The third-order valence-electron chi connectivity index (χ3n) is 5.97. The highest BCUT2D eigenvalue weighted by atomic mass is 16.5. The summed E-state index contributed by atoms with van der Waals surface area (Å²) in [5.41, 5.74) is 5.02. The Morgan fingerprint density at radius 3 is 2.61 bits per heavy atom. The van der Waals surface area contributed by atoms with Crippen molar-refractivity contribution >= 4 is 5.91 Å². The molecule has 0 saturated carbocycles. The molecule has 0 atom stereocenters. The normalized spacial score (nSPS) is 17.5. The fourth-order valence-corrected chi connectivity index (χ4v) is 4.18. The van der Waals surface area contributed by atoms with Gasteiger partial charge in [-0.1, -0.05) is 17.7 Å². The molecule has 1 saturated heterocycles. The molecule has 4 rings (SSSR count). The number of morpholine rings is 1. The Bertz CT molecular complexity index is 848. The molecule has 6 nitrogen and oxygen atoms in total. The fraction of sp³-hybridized carbons (Fsp3) is 0.545. The molecule has 150 valence electrons. The molecule has 1 aliphatic heterocycles. The number of hydrogen-bond acceptors (Lipinski definition) is 4. The van der Waals surface area contributed by atoms with E-state index in [1.54, 1.807) is 0 Å². The Morgan fingerprint density at radius 2 is 1.89 bits per heavy atom. The first kappa shape index (κ1) is 19.2. The minimum atomic E-state index is -0.109. The van der Waals surface area contributed by atoms with Gasteiger partial charge in [0, 0.05) is 36.4 Å². The number of amides is 1. The van der Waals surface area contributed by atoms with E-state index >= 15 is 0 Å². The van der Waals surface area contributed by atoms with Gasteiger partial charge in [-0.3, -0.25) is 9.69 Å². The van der Waals surface area contributed by atoms with Crippen LogP contribution >= 0.6 is 0 Å². The highest BCUT2D eigenvalue weighted by Gasteiger charge is 2.31. The van der Waals surface area contributed by atoms with Crippen molar-refractivity contribution in [3.63, 3.8) is 0 Å². The molecule has 2 aliphatic rings. The maximum atomic E-state index is 13.0. The molecular weight excluding hydrogens is 352 g/mol. The van der Waals surface area contributed by atoms with E-state index in [4.69, 9.17) is 9.84 Å². The number of hydrogen-bond donors (Lipinski definition) is 1. The summed E-state index contributed by atoms with van der Waals surface area (Å²) in [6.45, 7) is 10.3. The smallest absolute Gasteiger partial charge is 0.272 e. The molecule has 6 heteroatoms. The zero-order valence-electron chi connectivity index (χ0n) is 17.1. The van der Waals surface area contributed by atoms with Crippen molar-refractivity contribution in [2.24, 2.45) is 0 Å². The molecule has 2 aromatic rings. The van der Waals surface area contributed by atoms with Crippen molar-refractivity contribution in [1.82, 2.24) is 20.0 Å². The van der Waals surface area contributed by atoms with Crippen molar-refractivity contribution in [2.45, 2.75) is 45.6 Å². The van der Waals surface area contributed by atoms with Crippen molar-refractivity contribution in [1.29, 1.82) is 0 Å². The lowest BCUT2D eigenvalue weighted by atomic mass is 10.0. The number of ether oxygens (including phenoxy) is 1. The summed E-state index contributed by atoms with van der Waals surface area (Å²) in [5.74, 6) is -0.0645. The largest absolute Gasteiger partial charge is 0.379 e. The quantitative estimate of drug-likeness (QED) is 0.863. The monoisotopic (exact) mass is 382 g/mol. The highest BCUT2D eigenvalue weighted by Crippen LogP contribution is 2.28. The summed E-state index contributed by atoms with van der Waals surface area (Å²) in [6.07, 6.45) is 2.98. The molecule has 28 heavy (non-hydrogen) atoms. The molecular formula is C22H30N4O2. The zero-order valence-corrected chi connectivity index (χ0v) is 17.1. The molecule has 0 spiro atoms. The maximum Gasteiger partial charge on any atom is 0.272 e. The third-order valence-corrected chi connectivity index (χ3v) is 5.97. The maximum absolute atomic E-state index is 13.0. The van der Waals surface area contributed by atoms with Gasteiger partial charge >= 0.3 is 0 Å². The zero-order chi connectivity index (χ0) is 19.7. The molecule has 1 fully saturated rings. The van der Waals surface area contributed by atoms with Crippen molar-refractivity contribution in [3.05, 3.63) is 46.8 Å². The lowest BCUT2D eigenvalue weighted by molar-refractivity contribution is -0.00924. The standard InChI is InChI=1S/C22H30N4O2/c1-16-7-9-17(10-8-16)26-19-6-4-5-18(19)20(24-26)21(27)23-15-22(2,3)25-11-13-28-14-12-25/h7-10H,4-6,11-15H2,1-3H3,(H,23,27). The van der Waals surface area contributed by atoms with Crippen LogP contribution in [-0.2, 0) is 17.6 Å². The van der Waals surface area contributed by atoms with E-state index in [9.17, 15) is 4.79 Å². The van der Waals surface area contributed by atoms with E-state index < -0.39 is 0 Å². The predicted octanol–water partition coefficient (Wildman–Crippen LogP) is 2.51. The van der Waals surface area contributed by atoms with Crippen LogP contribution in [0, 0.1) is 6.92 Å². The van der Waals surface area contributed by atoms with Crippen LogP contribution in [0.2, 0.25) is 0 Å². The number of fused-ring (bicyclic) bond motifs is 1. The summed E-state index contributed by atoms with van der Waals surface area (Å²) in [5, 5.41) is 7.86. The van der Waals surface area contributed by atoms with Crippen LogP contribution in [0.5, 0.6) is 0 Å². The van der Waals surface area contributed by atoms with Gasteiger partial charge < -0.3 is 10.1 Å². The van der Waals surface area contributed by atoms with Gasteiger partial charge in [0.1, 0.15) is 0 Å². The molecule has 0 radical (unpaired) electrons. The Hall–Kier alpha value is -2.18. The molecule has 0 bridgehead atoms. The summed E-state index contributed by atoms with van der Waals surface area (Å²) in [7, 11) is 0. The second-order valence-electron chi connectivity index (χ2n) is 8.47. The van der Waals surface area contributed by atoms with Gasteiger partial charge in [-0.15, -0.1) is 0 Å². The number of rotatable bonds is 5.